The third-order valence-electron chi connectivity index (χ3n) is 12.3. The van der Waals surface area contributed by atoms with Gasteiger partial charge >= 0.3 is 33.3 Å². The zero-order valence-electron chi connectivity index (χ0n) is 41.4. The molecule has 9 N–H and O–H groups in total. The number of unbranched alkanes of at least 4 members (excludes halogenated alkanes) is 13. The summed E-state index contributed by atoms with van der Waals surface area (Å²) in [6.07, 6.45) is 13.1. The number of nitrogens with zero attached hydrogens (tertiary/aromatic N) is 2. The van der Waals surface area contributed by atoms with E-state index in [1.165, 1.54) is 68.9 Å². The van der Waals surface area contributed by atoms with E-state index in [0.29, 0.717) is 19.3 Å². The van der Waals surface area contributed by atoms with E-state index in [9.17, 15) is 58.8 Å². The summed E-state index contributed by atoms with van der Waals surface area (Å²) < 4.78 is 58.5. The zero-order valence-corrected chi connectivity index (χ0v) is 43.1. The van der Waals surface area contributed by atoms with Gasteiger partial charge in [0.25, 0.3) is 0 Å². The Kier molecular flexibility index (Phi) is 29.4. The second-order valence-electron chi connectivity index (χ2n) is 18.3. The number of nitrogen functional groups attached to an aromatic ring is 1. The lowest BCUT2D eigenvalue weighted by atomic mass is 9.82. The van der Waals surface area contributed by atoms with Crippen LogP contribution in [-0.2, 0) is 46.3 Å². The standard InChI is InChI=1S/C48H81N3O18P2/c1-3-5-7-8-9-10-11-12-13-14-15-16-17-18-20-25-43(55)64-32-36-33-65-70(60,61)69-71(62,63)66-34-41-46(58)45(57)37(28-27-35(52)23-19-6-4-2)39(53)31-40(54)38(24-21-22-26-44(56)67-36)47(68-41)51-30-29-42(49)50-48(51)59/h12-13,21-22,27-30,35-41,45-47,52-54,57-58H,3-11,14-20,23-26,31-34H2,1-2H3,(H,60,61)(H,62,63)(H2,49,50,59)/b13-12-,22-21-,28-27?/t35-,36-,37+,38-,39-,40+,41-,45+,46-,47-/m1/s1. The predicted octanol–water partition coefficient (Wildman–Crippen LogP) is 6.38. The van der Waals surface area contributed by atoms with E-state index in [4.69, 9.17) is 29.0 Å². The van der Waals surface area contributed by atoms with Gasteiger partial charge in [-0.3, -0.25) is 23.2 Å². The number of carbonyl (C=O) groups is 2. The molecule has 1 fully saturated rings. The molecule has 1 aromatic heterocycles. The Bertz CT molecular complexity index is 1950. The highest BCUT2D eigenvalue weighted by atomic mass is 31.3. The molecule has 0 aromatic carbocycles. The molecule has 0 saturated carbocycles. The van der Waals surface area contributed by atoms with Crippen molar-refractivity contribution >= 4 is 33.4 Å². The monoisotopic (exact) mass is 1050 g/mol. The minimum Gasteiger partial charge on any atom is -0.462 e. The number of carbonyl (C=O) groups excluding carboxylic acids is 2. The van der Waals surface area contributed by atoms with Crippen molar-refractivity contribution in [3.63, 3.8) is 0 Å². The first-order valence-corrected chi connectivity index (χ1v) is 28.2. The molecule has 0 radical (unpaired) electrons. The molecule has 2 unspecified atom stereocenters. The predicted molar refractivity (Wildman–Crippen MR) is 263 cm³/mol. The Hall–Kier alpha value is -3.14. The summed E-state index contributed by atoms with van der Waals surface area (Å²) in [5, 5.41) is 57.2. The van der Waals surface area contributed by atoms with Gasteiger partial charge in [-0.25, -0.2) is 13.9 Å². The van der Waals surface area contributed by atoms with Gasteiger partial charge in [-0.1, -0.05) is 121 Å². The number of hydrogen-bond acceptors (Lipinski definition) is 18. The number of nitrogens with two attached hydrogens (primary N) is 1. The molecule has 12 atom stereocenters. The molecule has 3 rings (SSSR count). The minimum atomic E-state index is -5.69. The minimum absolute atomic E-state index is 0.0503. The number of phosphoric ester groups is 2. The van der Waals surface area contributed by atoms with Crippen molar-refractivity contribution in [1.82, 2.24) is 9.55 Å². The Morgan fingerprint density at radius 1 is 0.859 bits per heavy atom. The molecule has 0 spiro atoms. The van der Waals surface area contributed by atoms with Crippen molar-refractivity contribution in [3.8, 4) is 0 Å². The largest absolute Gasteiger partial charge is 0.481 e. The van der Waals surface area contributed by atoms with E-state index in [2.05, 4.69) is 28.4 Å². The van der Waals surface area contributed by atoms with Gasteiger partial charge in [-0.05, 0) is 51.0 Å². The molecule has 23 heteroatoms. The molecular weight excluding hydrogens is 968 g/mol. The number of fused-ring (bicyclic) bond motifs is 3. The van der Waals surface area contributed by atoms with E-state index < -0.39 is 127 Å². The lowest BCUT2D eigenvalue weighted by Crippen LogP contribution is -2.52. The topological polar surface area (TPSA) is 326 Å². The highest BCUT2D eigenvalue weighted by Crippen LogP contribution is 2.60. The summed E-state index contributed by atoms with van der Waals surface area (Å²) in [5.74, 6) is -4.43. The average Bonchev–Trinajstić information content (AvgIpc) is 3.30. The van der Waals surface area contributed by atoms with Gasteiger partial charge in [0.05, 0.1) is 44.1 Å². The molecule has 0 amide bonds. The second kappa shape index (κ2) is 33.6. The fourth-order valence-corrected chi connectivity index (χ4v) is 10.3. The molecule has 3 heterocycles. The number of aromatic nitrogens is 2. The van der Waals surface area contributed by atoms with Crippen LogP contribution in [-0.4, -0.2) is 119 Å². The van der Waals surface area contributed by atoms with Crippen LogP contribution >= 0.6 is 15.6 Å². The van der Waals surface area contributed by atoms with Gasteiger partial charge in [-0.2, -0.15) is 9.29 Å². The highest BCUT2D eigenvalue weighted by Gasteiger charge is 2.45. The molecule has 21 nitrogen and oxygen atoms in total. The molecule has 1 saturated heterocycles. The maximum Gasteiger partial charge on any atom is 0.481 e. The summed E-state index contributed by atoms with van der Waals surface area (Å²) >= 11 is 0. The van der Waals surface area contributed by atoms with Crippen LogP contribution in [0.25, 0.3) is 0 Å². The van der Waals surface area contributed by atoms with E-state index >= 15 is 0 Å². The van der Waals surface area contributed by atoms with E-state index in [0.717, 1.165) is 62.1 Å². The van der Waals surface area contributed by atoms with Crippen LogP contribution in [0.5, 0.6) is 0 Å². The molecule has 71 heavy (non-hydrogen) atoms. The summed E-state index contributed by atoms with van der Waals surface area (Å²) in [6, 6.07) is 1.22. The van der Waals surface area contributed by atoms with Crippen molar-refractivity contribution in [3.05, 3.63) is 59.2 Å². The van der Waals surface area contributed by atoms with Gasteiger partial charge in [-0.15, -0.1) is 0 Å². The number of rotatable bonds is 24. The number of hydrogen-bond donors (Lipinski definition) is 8. The normalized spacial score (nSPS) is 30.7. The summed E-state index contributed by atoms with van der Waals surface area (Å²) in [5.41, 5.74) is 4.73. The first-order valence-electron chi connectivity index (χ1n) is 25.3. The fourth-order valence-electron chi connectivity index (χ4n) is 8.21. The SMILES string of the molecule is CCCCCCCC/C=C\CCCCCCCC(=O)OC[C@@H]1COP(=O)(O)OP(=O)(O)OC[C@H]2O[C@@H](n3ccc(N)nc3=O)[C@H](C/C=C\CC(=O)O1)[C@@H](O)C[C@@H](O)[C@H](C=C[C@H](O)CCCCC)[C@H](O)[C@@H]2O. The van der Waals surface area contributed by atoms with Crippen molar-refractivity contribution in [2.45, 2.75) is 198 Å². The van der Waals surface area contributed by atoms with Gasteiger partial charge in [0.15, 0.2) is 6.10 Å². The van der Waals surface area contributed by atoms with E-state index in [1.807, 2.05) is 6.92 Å². The highest BCUT2D eigenvalue weighted by molar-refractivity contribution is 7.61. The number of phosphoric acid groups is 2. The summed E-state index contributed by atoms with van der Waals surface area (Å²) in [6.45, 7) is 1.42. The van der Waals surface area contributed by atoms with Crippen LogP contribution in [0.15, 0.2) is 53.5 Å². The number of ether oxygens (including phenoxy) is 3. The van der Waals surface area contributed by atoms with Crippen molar-refractivity contribution in [2.75, 3.05) is 25.6 Å². The number of anilines is 1. The fraction of sp³-hybridized carbons (Fsp3) is 0.750. The number of aliphatic hydroxyl groups excluding tert-OH is 5. The molecule has 2 bridgehead atoms. The second-order valence-corrected chi connectivity index (χ2v) is 21.3. The molecule has 0 aliphatic carbocycles. The third-order valence-corrected chi connectivity index (χ3v) is 14.9. The Balaban J connectivity index is 1.79. The van der Waals surface area contributed by atoms with Crippen LogP contribution in [0.2, 0.25) is 0 Å². The average molecular weight is 1050 g/mol. The zero-order chi connectivity index (χ0) is 52.2. The van der Waals surface area contributed by atoms with Crippen LogP contribution < -0.4 is 11.4 Å². The van der Waals surface area contributed by atoms with Crippen molar-refractivity contribution < 1.29 is 81.6 Å². The van der Waals surface area contributed by atoms with Gasteiger partial charge in [0, 0.05) is 30.9 Å². The van der Waals surface area contributed by atoms with Gasteiger partial charge < -0.3 is 55.3 Å². The summed E-state index contributed by atoms with van der Waals surface area (Å²) in [7, 11) is -11.3. The van der Waals surface area contributed by atoms with E-state index in [1.54, 1.807) is 0 Å². The lowest BCUT2D eigenvalue weighted by Gasteiger charge is -2.40. The smallest absolute Gasteiger partial charge is 0.462 e. The third kappa shape index (κ3) is 24.6. The maximum absolute atomic E-state index is 13.3. The van der Waals surface area contributed by atoms with Crippen LogP contribution in [0.1, 0.15) is 155 Å². The molecule has 1 aromatic rings. The summed E-state index contributed by atoms with van der Waals surface area (Å²) in [4.78, 5) is 64.1. The number of esters is 2. The van der Waals surface area contributed by atoms with Gasteiger partial charge in [0.2, 0.25) is 0 Å². The maximum atomic E-state index is 13.3. The number of aliphatic hydroxyl groups is 5. The Labute approximate surface area is 417 Å². The molecule has 2 aliphatic heterocycles. The Morgan fingerprint density at radius 3 is 2.14 bits per heavy atom. The van der Waals surface area contributed by atoms with Crippen LogP contribution in [0.3, 0.4) is 0 Å². The lowest BCUT2D eigenvalue weighted by molar-refractivity contribution is -0.194. The first-order chi connectivity index (χ1) is 33.9. The van der Waals surface area contributed by atoms with Gasteiger partial charge in [0.1, 0.15) is 30.9 Å². The quantitative estimate of drug-likeness (QED) is 0.0241. The first kappa shape index (κ1) is 62.2. The Morgan fingerprint density at radius 2 is 1.48 bits per heavy atom. The van der Waals surface area contributed by atoms with Crippen LogP contribution in [0.4, 0.5) is 5.82 Å². The van der Waals surface area contributed by atoms with Crippen molar-refractivity contribution in [2.24, 2.45) is 11.8 Å². The number of cyclic esters (lactones) is 1. The van der Waals surface area contributed by atoms with Crippen molar-refractivity contribution in [1.29, 1.82) is 0 Å². The van der Waals surface area contributed by atoms with Crippen LogP contribution in [0, 0.1) is 11.8 Å². The molecule has 2 aliphatic rings. The van der Waals surface area contributed by atoms with E-state index in [-0.39, 0.29) is 18.7 Å². The molecule has 406 valence electrons. The number of allylic oxidation sites excluding steroid dienone is 3. The molecular formula is C48H81N3O18P2.